The van der Waals surface area contributed by atoms with Crippen LogP contribution in [-0.2, 0) is 19.1 Å². The maximum atomic E-state index is 11.8. The number of rotatable bonds is 7. The summed E-state index contributed by atoms with van der Waals surface area (Å²) >= 11 is 0. The van der Waals surface area contributed by atoms with E-state index in [9.17, 15) is 19.7 Å². The monoisotopic (exact) mass is 308 g/mol. The van der Waals surface area contributed by atoms with Crippen molar-refractivity contribution in [3.05, 3.63) is 34.4 Å². The van der Waals surface area contributed by atoms with Gasteiger partial charge in [-0.2, -0.15) is 0 Å². The molecule has 0 aliphatic heterocycles. The van der Waals surface area contributed by atoms with E-state index >= 15 is 0 Å². The smallest absolute Gasteiger partial charge is 0.325 e. The molecule has 0 aliphatic carbocycles. The zero-order valence-electron chi connectivity index (χ0n) is 12.2. The van der Waals surface area contributed by atoms with E-state index in [4.69, 9.17) is 9.47 Å². The van der Waals surface area contributed by atoms with Gasteiger partial charge in [0.1, 0.15) is 5.69 Å². The second-order valence-electron chi connectivity index (χ2n) is 4.01. The topological polar surface area (TPSA) is 108 Å². The van der Waals surface area contributed by atoms with Gasteiger partial charge in [-0.05, 0) is 19.9 Å². The average Bonchev–Trinajstić information content (AvgIpc) is 2.48. The molecule has 0 unspecified atom stereocenters. The van der Waals surface area contributed by atoms with Gasteiger partial charge >= 0.3 is 11.9 Å². The fourth-order valence-corrected chi connectivity index (χ4v) is 1.56. The Balaban J connectivity index is 3.05. The van der Waals surface area contributed by atoms with Crippen molar-refractivity contribution >= 4 is 29.5 Å². The number of benzene rings is 1. The van der Waals surface area contributed by atoms with Crippen LogP contribution in [0.2, 0.25) is 0 Å². The molecule has 0 aliphatic rings. The lowest BCUT2D eigenvalue weighted by Crippen LogP contribution is -2.29. The van der Waals surface area contributed by atoms with Gasteiger partial charge in [0.2, 0.25) is 0 Å². The molecule has 0 saturated carbocycles. The molecule has 0 bridgehead atoms. The van der Waals surface area contributed by atoms with Crippen molar-refractivity contribution in [3.8, 4) is 0 Å². The van der Waals surface area contributed by atoms with Crippen LogP contribution in [0.3, 0.4) is 0 Å². The van der Waals surface area contributed by atoms with E-state index in [1.54, 1.807) is 19.9 Å². The molecule has 0 aromatic heterocycles. The molecular weight excluding hydrogens is 292 g/mol. The van der Waals surface area contributed by atoms with E-state index in [0.717, 1.165) is 6.21 Å². The van der Waals surface area contributed by atoms with Gasteiger partial charge in [-0.25, -0.2) is 0 Å². The summed E-state index contributed by atoms with van der Waals surface area (Å²) in [4.78, 5) is 37.7. The zero-order valence-corrected chi connectivity index (χ0v) is 12.2. The number of nitro benzene ring substituents is 1. The summed E-state index contributed by atoms with van der Waals surface area (Å²) in [6.07, 6.45) is 0.998. The molecule has 1 aromatic rings. The molecule has 22 heavy (non-hydrogen) atoms. The van der Waals surface area contributed by atoms with Gasteiger partial charge in [-0.1, -0.05) is 12.1 Å². The van der Waals surface area contributed by atoms with Crippen LogP contribution in [0.15, 0.2) is 29.3 Å². The summed E-state index contributed by atoms with van der Waals surface area (Å²) in [5.74, 6) is -2.99. The lowest BCUT2D eigenvalue weighted by molar-refractivity contribution is -0.384. The Labute approximate surface area is 126 Å². The number of carbonyl (C=O) groups excluding carboxylic acids is 2. The molecule has 118 valence electrons. The third-order valence-electron chi connectivity index (χ3n) is 2.52. The van der Waals surface area contributed by atoms with Gasteiger partial charge in [0.15, 0.2) is 5.92 Å². The lowest BCUT2D eigenvalue weighted by Gasteiger charge is -2.09. The molecular formula is C14H16N2O6. The minimum atomic E-state index is -1.36. The molecule has 0 fully saturated rings. The average molecular weight is 308 g/mol. The van der Waals surface area contributed by atoms with Gasteiger partial charge in [-0.3, -0.25) is 24.7 Å². The highest BCUT2D eigenvalue weighted by molar-refractivity contribution is 6.09. The van der Waals surface area contributed by atoms with Crippen LogP contribution in [0.5, 0.6) is 0 Å². The summed E-state index contributed by atoms with van der Waals surface area (Å²) in [5, 5.41) is 10.9. The molecule has 0 heterocycles. The van der Waals surface area contributed by atoms with Crippen LogP contribution in [0.1, 0.15) is 13.8 Å². The van der Waals surface area contributed by atoms with Gasteiger partial charge in [0.25, 0.3) is 5.69 Å². The highest BCUT2D eigenvalue weighted by Crippen LogP contribution is 2.26. The largest absolute Gasteiger partial charge is 0.465 e. The second-order valence-corrected chi connectivity index (χ2v) is 4.01. The Morgan fingerprint density at radius 3 is 2.27 bits per heavy atom. The number of nitro groups is 1. The Hall–Kier alpha value is -2.77. The molecule has 0 amide bonds. The Morgan fingerprint density at radius 1 is 1.23 bits per heavy atom. The molecule has 1 aromatic carbocycles. The van der Waals surface area contributed by atoms with E-state index in [1.807, 2.05) is 0 Å². The number of carbonyl (C=O) groups is 2. The van der Waals surface area contributed by atoms with Crippen molar-refractivity contribution in [2.45, 2.75) is 13.8 Å². The molecule has 0 radical (unpaired) electrons. The van der Waals surface area contributed by atoms with Crippen molar-refractivity contribution in [1.29, 1.82) is 0 Å². The molecule has 0 spiro atoms. The Morgan fingerprint density at radius 2 is 1.77 bits per heavy atom. The fraction of sp³-hybridized carbons (Fsp3) is 0.357. The Bertz CT molecular complexity index is 566. The van der Waals surface area contributed by atoms with E-state index < -0.39 is 22.8 Å². The van der Waals surface area contributed by atoms with Crippen LogP contribution >= 0.6 is 0 Å². The van der Waals surface area contributed by atoms with Crippen molar-refractivity contribution in [3.63, 3.8) is 0 Å². The highest BCUT2D eigenvalue weighted by Gasteiger charge is 2.28. The summed E-state index contributed by atoms with van der Waals surface area (Å²) in [7, 11) is 0. The molecule has 8 nitrogen and oxygen atoms in total. The summed E-state index contributed by atoms with van der Waals surface area (Å²) in [5.41, 5.74) is -0.198. The molecule has 8 heteroatoms. The van der Waals surface area contributed by atoms with Gasteiger partial charge in [0.05, 0.1) is 18.1 Å². The number of ether oxygens (including phenoxy) is 2. The van der Waals surface area contributed by atoms with Crippen molar-refractivity contribution < 1.29 is 24.0 Å². The first-order valence-corrected chi connectivity index (χ1v) is 6.62. The predicted molar refractivity (Wildman–Crippen MR) is 78.0 cm³/mol. The van der Waals surface area contributed by atoms with Gasteiger partial charge in [-0.15, -0.1) is 0 Å². The van der Waals surface area contributed by atoms with Crippen LogP contribution in [-0.4, -0.2) is 36.3 Å². The SMILES string of the molecule is CCOC(=O)C(C=Nc1ccccc1[N+](=O)[O-])C(=O)OCC. The first-order chi connectivity index (χ1) is 10.5. The van der Waals surface area contributed by atoms with E-state index in [-0.39, 0.29) is 24.6 Å². The maximum absolute atomic E-state index is 11.8. The summed E-state index contributed by atoms with van der Waals surface area (Å²) in [6, 6.07) is 5.73. The van der Waals surface area contributed by atoms with E-state index in [0.29, 0.717) is 0 Å². The lowest BCUT2D eigenvalue weighted by atomic mass is 10.1. The molecule has 1 rings (SSSR count). The Kier molecular flexibility index (Phi) is 6.68. The number of para-hydroxylation sites is 2. The number of hydrogen-bond donors (Lipinski definition) is 0. The summed E-state index contributed by atoms with van der Waals surface area (Å²) < 4.78 is 9.55. The zero-order chi connectivity index (χ0) is 16.5. The number of nitrogens with zero attached hydrogens (tertiary/aromatic N) is 2. The third kappa shape index (κ3) is 4.65. The quantitative estimate of drug-likeness (QED) is 0.251. The predicted octanol–water partition coefficient (Wildman–Crippen LogP) is 2.04. The maximum Gasteiger partial charge on any atom is 0.325 e. The molecule has 0 atom stereocenters. The standard InChI is InChI=1S/C14H16N2O6/c1-3-21-13(17)10(14(18)22-4-2)9-15-11-7-5-6-8-12(11)16(19)20/h5-10H,3-4H2,1-2H3. The van der Waals surface area contributed by atoms with Crippen molar-refractivity contribution in [2.24, 2.45) is 10.9 Å². The van der Waals surface area contributed by atoms with Crippen LogP contribution < -0.4 is 0 Å². The van der Waals surface area contributed by atoms with Gasteiger partial charge in [0, 0.05) is 12.3 Å². The number of aliphatic imine (C=N–C) groups is 1. The van der Waals surface area contributed by atoms with Gasteiger partial charge < -0.3 is 9.47 Å². The molecule has 0 N–H and O–H groups in total. The summed E-state index contributed by atoms with van der Waals surface area (Å²) in [6.45, 7) is 3.38. The van der Waals surface area contributed by atoms with Crippen LogP contribution in [0.4, 0.5) is 11.4 Å². The normalized spacial score (nSPS) is 10.7. The highest BCUT2D eigenvalue weighted by atomic mass is 16.6. The van der Waals surface area contributed by atoms with Crippen LogP contribution in [0.25, 0.3) is 0 Å². The minimum absolute atomic E-state index is 0.0334. The van der Waals surface area contributed by atoms with Crippen LogP contribution in [0, 0.1) is 16.0 Å². The first kappa shape index (κ1) is 17.3. The second kappa shape index (κ2) is 8.50. The van der Waals surface area contributed by atoms with Crippen molar-refractivity contribution in [1.82, 2.24) is 0 Å². The number of esters is 2. The van der Waals surface area contributed by atoms with Crippen molar-refractivity contribution in [2.75, 3.05) is 13.2 Å². The number of hydrogen-bond acceptors (Lipinski definition) is 7. The fourth-order valence-electron chi connectivity index (χ4n) is 1.56. The minimum Gasteiger partial charge on any atom is -0.465 e. The van der Waals surface area contributed by atoms with E-state index in [2.05, 4.69) is 4.99 Å². The van der Waals surface area contributed by atoms with E-state index in [1.165, 1.54) is 18.2 Å². The third-order valence-corrected chi connectivity index (χ3v) is 2.52. The molecule has 0 saturated heterocycles. The first-order valence-electron chi connectivity index (χ1n) is 6.62.